The highest BCUT2D eigenvalue weighted by Gasteiger charge is 2.16. The molecule has 0 aliphatic rings. The van der Waals surface area contributed by atoms with Gasteiger partial charge in [-0.2, -0.15) is 0 Å². The molecule has 0 bridgehead atoms. The lowest BCUT2D eigenvalue weighted by Crippen LogP contribution is -2.25. The Labute approximate surface area is 141 Å². The van der Waals surface area contributed by atoms with E-state index in [-0.39, 0.29) is 16.8 Å². The van der Waals surface area contributed by atoms with Gasteiger partial charge in [0.15, 0.2) is 0 Å². The van der Waals surface area contributed by atoms with E-state index < -0.39 is 10.0 Å². The normalized spacial score (nSPS) is 13.0. The molecule has 22 heavy (non-hydrogen) atoms. The number of hydrogen-bond acceptors (Lipinski definition) is 2. The molecular weight excluding hydrogens is 341 g/mol. The highest BCUT2D eigenvalue weighted by atomic mass is 35.5. The summed E-state index contributed by atoms with van der Waals surface area (Å²) in [7, 11) is -3.51. The quantitative estimate of drug-likeness (QED) is 0.783. The standard InChI is InChI=1S/C16H17Cl2NO2S/c1-12-6-8-13(9-7-12)22(20,21)19-11-10-16(18)14-4-2-3-5-15(14)17/h2-9,16,19H,10-11H2,1H3. The first-order chi connectivity index (χ1) is 10.4. The van der Waals surface area contributed by atoms with Crippen molar-refractivity contribution in [2.45, 2.75) is 23.6 Å². The van der Waals surface area contributed by atoms with Gasteiger partial charge in [0.25, 0.3) is 0 Å². The monoisotopic (exact) mass is 357 g/mol. The highest BCUT2D eigenvalue weighted by Crippen LogP contribution is 2.29. The Balaban J connectivity index is 1.95. The van der Waals surface area contributed by atoms with Gasteiger partial charge in [0, 0.05) is 11.6 Å². The number of aryl methyl sites for hydroxylation is 1. The van der Waals surface area contributed by atoms with Crippen molar-refractivity contribution in [3.8, 4) is 0 Å². The molecule has 0 spiro atoms. The maximum Gasteiger partial charge on any atom is 0.240 e. The third-order valence-electron chi connectivity index (χ3n) is 3.26. The van der Waals surface area contributed by atoms with E-state index >= 15 is 0 Å². The van der Waals surface area contributed by atoms with Crippen molar-refractivity contribution < 1.29 is 8.42 Å². The third-order valence-corrected chi connectivity index (χ3v) is 5.54. The van der Waals surface area contributed by atoms with Gasteiger partial charge < -0.3 is 0 Å². The van der Waals surface area contributed by atoms with Crippen LogP contribution in [0.15, 0.2) is 53.4 Å². The van der Waals surface area contributed by atoms with E-state index in [2.05, 4.69) is 4.72 Å². The summed E-state index contributed by atoms with van der Waals surface area (Å²) >= 11 is 12.4. The summed E-state index contributed by atoms with van der Waals surface area (Å²) in [6, 6.07) is 14.0. The van der Waals surface area contributed by atoms with Gasteiger partial charge in [-0.15, -0.1) is 11.6 Å². The molecule has 0 aliphatic heterocycles. The van der Waals surface area contributed by atoms with Gasteiger partial charge in [-0.1, -0.05) is 47.5 Å². The fourth-order valence-corrected chi connectivity index (χ4v) is 3.68. The molecule has 3 nitrogen and oxygen atoms in total. The van der Waals surface area contributed by atoms with Crippen molar-refractivity contribution >= 4 is 33.2 Å². The number of sulfonamides is 1. The second-order valence-corrected chi connectivity index (χ2v) is 7.69. The summed E-state index contributed by atoms with van der Waals surface area (Å²) in [5.74, 6) is 0. The largest absolute Gasteiger partial charge is 0.240 e. The zero-order chi connectivity index (χ0) is 16.2. The maximum absolute atomic E-state index is 12.1. The lowest BCUT2D eigenvalue weighted by atomic mass is 10.1. The van der Waals surface area contributed by atoms with Gasteiger partial charge in [0.1, 0.15) is 0 Å². The number of halogens is 2. The summed E-state index contributed by atoms with van der Waals surface area (Å²) in [6.45, 7) is 2.15. The highest BCUT2D eigenvalue weighted by molar-refractivity contribution is 7.89. The molecule has 118 valence electrons. The van der Waals surface area contributed by atoms with Crippen LogP contribution in [0.4, 0.5) is 0 Å². The second kappa shape index (κ2) is 7.47. The van der Waals surface area contributed by atoms with Gasteiger partial charge in [-0.25, -0.2) is 13.1 Å². The van der Waals surface area contributed by atoms with Gasteiger partial charge in [0.05, 0.1) is 10.3 Å². The fourth-order valence-electron chi connectivity index (χ4n) is 2.01. The number of hydrogen-bond donors (Lipinski definition) is 1. The van der Waals surface area contributed by atoms with Crippen LogP contribution in [-0.2, 0) is 10.0 Å². The van der Waals surface area contributed by atoms with Crippen LogP contribution in [0.25, 0.3) is 0 Å². The average Bonchev–Trinajstić information content (AvgIpc) is 2.48. The van der Waals surface area contributed by atoms with Crippen LogP contribution in [0.2, 0.25) is 5.02 Å². The molecular formula is C16H17Cl2NO2S. The molecule has 0 radical (unpaired) electrons. The van der Waals surface area contributed by atoms with Crippen molar-refractivity contribution in [3.05, 3.63) is 64.7 Å². The Hall–Kier alpha value is -1.07. The molecule has 0 aromatic heterocycles. The molecule has 0 saturated heterocycles. The number of rotatable bonds is 6. The lowest BCUT2D eigenvalue weighted by Gasteiger charge is -2.12. The van der Waals surface area contributed by atoms with E-state index in [1.807, 2.05) is 25.1 Å². The predicted octanol–water partition coefficient (Wildman–Crippen LogP) is 4.30. The predicted molar refractivity (Wildman–Crippen MR) is 91.0 cm³/mol. The summed E-state index contributed by atoms with van der Waals surface area (Å²) in [4.78, 5) is 0.252. The Bertz CT molecular complexity index is 730. The lowest BCUT2D eigenvalue weighted by molar-refractivity contribution is 0.578. The number of nitrogens with one attached hydrogen (secondary N) is 1. The van der Waals surface area contributed by atoms with Crippen molar-refractivity contribution in [2.75, 3.05) is 6.54 Å². The van der Waals surface area contributed by atoms with E-state index in [9.17, 15) is 8.42 Å². The molecule has 0 fully saturated rings. The summed E-state index contributed by atoms with van der Waals surface area (Å²) in [6.07, 6.45) is 0.455. The number of alkyl halides is 1. The van der Waals surface area contributed by atoms with Crippen molar-refractivity contribution in [1.82, 2.24) is 4.72 Å². The van der Waals surface area contributed by atoms with Crippen LogP contribution < -0.4 is 4.72 Å². The molecule has 0 heterocycles. The van der Waals surface area contributed by atoms with E-state index in [1.54, 1.807) is 30.3 Å². The summed E-state index contributed by atoms with van der Waals surface area (Å²) in [5, 5.41) is 0.248. The molecule has 0 amide bonds. The summed E-state index contributed by atoms with van der Waals surface area (Å²) in [5.41, 5.74) is 1.82. The van der Waals surface area contributed by atoms with Crippen molar-refractivity contribution in [1.29, 1.82) is 0 Å². The zero-order valence-electron chi connectivity index (χ0n) is 12.1. The Morgan fingerprint density at radius 1 is 1.09 bits per heavy atom. The van der Waals surface area contributed by atoms with E-state index in [0.717, 1.165) is 11.1 Å². The van der Waals surface area contributed by atoms with Gasteiger partial charge >= 0.3 is 0 Å². The maximum atomic E-state index is 12.1. The SMILES string of the molecule is Cc1ccc(S(=O)(=O)NCCC(Cl)c2ccccc2Cl)cc1. The average molecular weight is 358 g/mol. The minimum Gasteiger partial charge on any atom is -0.211 e. The molecule has 1 unspecified atom stereocenters. The van der Waals surface area contributed by atoms with Crippen molar-refractivity contribution in [3.63, 3.8) is 0 Å². The minimum absolute atomic E-state index is 0.246. The van der Waals surface area contributed by atoms with E-state index in [4.69, 9.17) is 23.2 Å². The molecule has 0 saturated carbocycles. The van der Waals surface area contributed by atoms with Crippen LogP contribution in [0.3, 0.4) is 0 Å². The molecule has 0 aliphatic carbocycles. The Kier molecular flexibility index (Phi) is 5.87. The van der Waals surface area contributed by atoms with Crippen LogP contribution >= 0.6 is 23.2 Å². The first kappa shape index (κ1) is 17.3. The molecule has 2 aromatic rings. The molecule has 1 atom stereocenters. The molecule has 2 aromatic carbocycles. The second-order valence-electron chi connectivity index (χ2n) is 4.99. The Morgan fingerprint density at radius 2 is 1.73 bits per heavy atom. The molecule has 2 rings (SSSR count). The zero-order valence-corrected chi connectivity index (χ0v) is 14.4. The topological polar surface area (TPSA) is 46.2 Å². The van der Waals surface area contributed by atoms with Crippen LogP contribution in [0, 0.1) is 6.92 Å². The van der Waals surface area contributed by atoms with Crippen LogP contribution in [-0.4, -0.2) is 15.0 Å². The van der Waals surface area contributed by atoms with Gasteiger partial charge in [-0.3, -0.25) is 0 Å². The first-order valence-corrected chi connectivity index (χ1v) is 9.15. The minimum atomic E-state index is -3.51. The first-order valence-electron chi connectivity index (χ1n) is 6.85. The number of benzene rings is 2. The van der Waals surface area contributed by atoms with E-state index in [0.29, 0.717) is 11.4 Å². The van der Waals surface area contributed by atoms with Gasteiger partial charge in [-0.05, 0) is 37.1 Å². The van der Waals surface area contributed by atoms with Crippen LogP contribution in [0.5, 0.6) is 0 Å². The molecule has 1 N–H and O–H groups in total. The molecule has 6 heteroatoms. The third kappa shape index (κ3) is 4.46. The fraction of sp³-hybridized carbons (Fsp3) is 0.250. The summed E-state index contributed by atoms with van der Waals surface area (Å²) < 4.78 is 26.9. The Morgan fingerprint density at radius 3 is 2.36 bits per heavy atom. The van der Waals surface area contributed by atoms with Gasteiger partial charge in [0.2, 0.25) is 10.0 Å². The van der Waals surface area contributed by atoms with E-state index in [1.165, 1.54) is 0 Å². The van der Waals surface area contributed by atoms with Crippen LogP contribution in [0.1, 0.15) is 22.9 Å². The van der Waals surface area contributed by atoms with Crippen molar-refractivity contribution in [2.24, 2.45) is 0 Å². The smallest absolute Gasteiger partial charge is 0.211 e.